The number of carbonyl (C=O) groups excluding carboxylic acids is 1. The third-order valence-corrected chi connectivity index (χ3v) is 3.38. The largest absolute Gasteiger partial charge is 0.469 e. The summed E-state index contributed by atoms with van der Waals surface area (Å²) in [7, 11) is 1.40. The van der Waals surface area contributed by atoms with E-state index in [-0.39, 0.29) is 5.97 Å². The smallest absolute Gasteiger partial charge is 0.313 e. The number of ether oxygens (including phenoxy) is 1. The molecule has 0 saturated carbocycles. The number of aromatic nitrogens is 2. The van der Waals surface area contributed by atoms with Crippen LogP contribution in [0.1, 0.15) is 19.7 Å². The lowest BCUT2D eigenvalue weighted by Gasteiger charge is -2.23. The fourth-order valence-corrected chi connectivity index (χ4v) is 2.34. The Morgan fingerprint density at radius 3 is 2.74 bits per heavy atom. The second-order valence-corrected chi connectivity index (χ2v) is 5.38. The Morgan fingerprint density at radius 2 is 2.11 bits per heavy atom. The Bertz CT molecular complexity index is 605. The summed E-state index contributed by atoms with van der Waals surface area (Å²) in [5.41, 5.74) is 1.24. The summed E-state index contributed by atoms with van der Waals surface area (Å²) in [4.78, 5) is 16.3. The van der Waals surface area contributed by atoms with Gasteiger partial charge < -0.3 is 9.30 Å². The quantitative estimate of drug-likeness (QED) is 0.639. The van der Waals surface area contributed by atoms with E-state index in [9.17, 15) is 4.79 Å². The van der Waals surface area contributed by atoms with Crippen LogP contribution in [0.3, 0.4) is 0 Å². The number of carbonyl (C=O) groups is 1. The van der Waals surface area contributed by atoms with Crippen LogP contribution in [0.25, 0.3) is 11.0 Å². The molecule has 0 N–H and O–H groups in total. The predicted molar refractivity (Wildman–Crippen MR) is 75.1 cm³/mol. The lowest BCUT2D eigenvalue weighted by molar-refractivity contribution is -0.151. The highest BCUT2D eigenvalue weighted by molar-refractivity contribution is 6.16. The van der Waals surface area contributed by atoms with Crippen molar-refractivity contribution in [2.24, 2.45) is 5.41 Å². The first-order chi connectivity index (χ1) is 8.99. The molecule has 1 aromatic carbocycles. The van der Waals surface area contributed by atoms with Gasteiger partial charge in [0.25, 0.3) is 0 Å². The second kappa shape index (κ2) is 5.21. The molecule has 0 aliphatic heterocycles. The molecular formula is C14H17ClN2O2. The van der Waals surface area contributed by atoms with Gasteiger partial charge in [-0.15, -0.1) is 11.6 Å². The molecule has 0 radical (unpaired) electrons. The van der Waals surface area contributed by atoms with Crippen LogP contribution < -0.4 is 0 Å². The highest BCUT2D eigenvalue weighted by Crippen LogP contribution is 2.25. The molecule has 5 heteroatoms. The predicted octanol–water partition coefficient (Wildman–Crippen LogP) is 2.97. The SMILES string of the molecule is COC(=O)C(C)(C)Cn1c(CCl)nc2ccccc21. The Labute approximate surface area is 117 Å². The molecule has 1 aromatic heterocycles. The highest BCUT2D eigenvalue weighted by atomic mass is 35.5. The van der Waals surface area contributed by atoms with Crippen molar-refractivity contribution in [1.82, 2.24) is 9.55 Å². The summed E-state index contributed by atoms with van der Waals surface area (Å²) >= 11 is 5.95. The van der Waals surface area contributed by atoms with Crippen LogP contribution in [0.2, 0.25) is 0 Å². The molecule has 1 heterocycles. The standard InChI is InChI=1S/C14H17ClN2O2/c1-14(2,13(18)19-3)9-17-11-7-5-4-6-10(11)16-12(17)8-15/h4-7H,8-9H2,1-3H3. The Hall–Kier alpha value is -1.55. The van der Waals surface area contributed by atoms with Gasteiger partial charge in [0.2, 0.25) is 0 Å². The van der Waals surface area contributed by atoms with Crippen LogP contribution in [0.5, 0.6) is 0 Å². The maximum absolute atomic E-state index is 11.8. The number of methoxy groups -OCH3 is 1. The number of esters is 1. The zero-order valence-electron chi connectivity index (χ0n) is 11.3. The van der Waals surface area contributed by atoms with Crippen molar-refractivity contribution >= 4 is 28.6 Å². The van der Waals surface area contributed by atoms with E-state index in [2.05, 4.69) is 4.98 Å². The fourth-order valence-electron chi connectivity index (χ4n) is 2.14. The minimum atomic E-state index is -0.626. The van der Waals surface area contributed by atoms with Crippen molar-refractivity contribution in [3.8, 4) is 0 Å². The number of benzene rings is 1. The van der Waals surface area contributed by atoms with E-state index in [4.69, 9.17) is 16.3 Å². The molecule has 102 valence electrons. The van der Waals surface area contributed by atoms with E-state index in [0.717, 1.165) is 16.9 Å². The van der Waals surface area contributed by atoms with E-state index >= 15 is 0 Å². The summed E-state index contributed by atoms with van der Waals surface area (Å²) in [6, 6.07) is 7.80. The zero-order valence-corrected chi connectivity index (χ0v) is 12.1. The zero-order chi connectivity index (χ0) is 14.0. The van der Waals surface area contributed by atoms with Crippen molar-refractivity contribution < 1.29 is 9.53 Å². The lowest BCUT2D eigenvalue weighted by atomic mass is 9.93. The molecule has 0 aliphatic rings. The first-order valence-corrected chi connectivity index (χ1v) is 6.61. The molecule has 0 fully saturated rings. The first-order valence-electron chi connectivity index (χ1n) is 6.08. The van der Waals surface area contributed by atoms with Gasteiger partial charge in [-0.3, -0.25) is 4.79 Å². The average molecular weight is 281 g/mol. The summed E-state index contributed by atoms with van der Waals surface area (Å²) in [5.74, 6) is 0.831. The van der Waals surface area contributed by atoms with Gasteiger partial charge in [0, 0.05) is 6.54 Å². The van der Waals surface area contributed by atoms with Crippen LogP contribution in [0.4, 0.5) is 0 Å². The molecule has 0 amide bonds. The number of halogens is 1. The second-order valence-electron chi connectivity index (χ2n) is 5.11. The molecule has 0 spiro atoms. The highest BCUT2D eigenvalue weighted by Gasteiger charge is 2.30. The minimum absolute atomic E-state index is 0.245. The van der Waals surface area contributed by atoms with Crippen molar-refractivity contribution in [3.05, 3.63) is 30.1 Å². The Kier molecular flexibility index (Phi) is 3.80. The molecule has 0 atom stereocenters. The maximum Gasteiger partial charge on any atom is 0.313 e. The topological polar surface area (TPSA) is 44.1 Å². The van der Waals surface area contributed by atoms with Crippen LogP contribution in [0, 0.1) is 5.41 Å². The number of alkyl halides is 1. The van der Waals surface area contributed by atoms with Gasteiger partial charge in [-0.1, -0.05) is 12.1 Å². The number of hydrogen-bond donors (Lipinski definition) is 0. The summed E-state index contributed by atoms with van der Waals surface area (Å²) in [6.45, 7) is 4.19. The van der Waals surface area contributed by atoms with Gasteiger partial charge in [0.1, 0.15) is 5.82 Å². The van der Waals surface area contributed by atoms with Crippen molar-refractivity contribution in [3.63, 3.8) is 0 Å². The van der Waals surface area contributed by atoms with Gasteiger partial charge in [-0.2, -0.15) is 0 Å². The molecule has 2 rings (SSSR count). The van der Waals surface area contributed by atoms with E-state index in [1.165, 1.54) is 7.11 Å². The van der Waals surface area contributed by atoms with E-state index in [1.807, 2.05) is 42.7 Å². The van der Waals surface area contributed by atoms with Gasteiger partial charge in [0.15, 0.2) is 0 Å². The molecular weight excluding hydrogens is 264 g/mol. The fraction of sp³-hybridized carbons (Fsp3) is 0.429. The number of imidazole rings is 1. The van der Waals surface area contributed by atoms with Crippen molar-refractivity contribution in [1.29, 1.82) is 0 Å². The van der Waals surface area contributed by atoms with Gasteiger partial charge in [0.05, 0.1) is 29.4 Å². The third-order valence-electron chi connectivity index (χ3n) is 3.14. The monoisotopic (exact) mass is 280 g/mol. The van der Waals surface area contributed by atoms with Gasteiger partial charge in [-0.05, 0) is 26.0 Å². The molecule has 19 heavy (non-hydrogen) atoms. The normalized spacial score (nSPS) is 11.8. The molecule has 0 saturated heterocycles. The van der Waals surface area contributed by atoms with Crippen molar-refractivity contribution in [2.45, 2.75) is 26.3 Å². The number of nitrogens with zero attached hydrogens (tertiary/aromatic N) is 2. The van der Waals surface area contributed by atoms with Crippen LogP contribution >= 0.6 is 11.6 Å². The molecule has 2 aromatic rings. The summed E-state index contributed by atoms with van der Waals surface area (Å²) < 4.78 is 6.83. The van der Waals surface area contributed by atoms with Crippen LogP contribution in [0.15, 0.2) is 24.3 Å². The van der Waals surface area contributed by atoms with E-state index in [1.54, 1.807) is 0 Å². The Morgan fingerprint density at radius 1 is 1.42 bits per heavy atom. The number of rotatable bonds is 4. The number of hydrogen-bond acceptors (Lipinski definition) is 3. The Balaban J connectivity index is 2.47. The van der Waals surface area contributed by atoms with Gasteiger partial charge in [-0.25, -0.2) is 4.98 Å². The third kappa shape index (κ3) is 2.59. The van der Waals surface area contributed by atoms with E-state index < -0.39 is 5.41 Å². The lowest BCUT2D eigenvalue weighted by Crippen LogP contribution is -2.31. The number of para-hydroxylation sites is 2. The molecule has 4 nitrogen and oxygen atoms in total. The molecule has 0 unspecified atom stereocenters. The average Bonchev–Trinajstić information content (AvgIpc) is 2.75. The van der Waals surface area contributed by atoms with Crippen LogP contribution in [-0.2, 0) is 22.0 Å². The molecule has 0 bridgehead atoms. The maximum atomic E-state index is 11.8. The number of fused-ring (bicyclic) bond motifs is 1. The van der Waals surface area contributed by atoms with Crippen molar-refractivity contribution in [2.75, 3.05) is 7.11 Å². The minimum Gasteiger partial charge on any atom is -0.469 e. The van der Waals surface area contributed by atoms with Crippen LogP contribution in [-0.4, -0.2) is 22.6 Å². The summed E-state index contributed by atoms with van der Waals surface area (Å²) in [5, 5.41) is 0. The van der Waals surface area contributed by atoms with E-state index in [0.29, 0.717) is 12.4 Å². The summed E-state index contributed by atoms with van der Waals surface area (Å²) in [6.07, 6.45) is 0. The molecule has 0 aliphatic carbocycles. The van der Waals surface area contributed by atoms with Gasteiger partial charge >= 0.3 is 5.97 Å². The first kappa shape index (κ1) is 13.9.